The van der Waals surface area contributed by atoms with Crippen molar-refractivity contribution in [1.82, 2.24) is 9.97 Å². The van der Waals surface area contributed by atoms with Crippen molar-refractivity contribution in [2.45, 2.75) is 25.4 Å². The van der Waals surface area contributed by atoms with Crippen molar-refractivity contribution in [3.63, 3.8) is 0 Å². The molecule has 8 nitrogen and oxygen atoms in total. The molecule has 1 fully saturated rings. The van der Waals surface area contributed by atoms with Crippen molar-refractivity contribution in [1.29, 1.82) is 0 Å². The smallest absolute Gasteiger partial charge is 0.352 e. The van der Waals surface area contributed by atoms with Crippen LogP contribution < -0.4 is 11.1 Å². The van der Waals surface area contributed by atoms with Gasteiger partial charge in [0.25, 0.3) is 0 Å². The lowest BCUT2D eigenvalue weighted by molar-refractivity contribution is -0.383. The molecule has 1 aromatic rings. The van der Waals surface area contributed by atoms with Gasteiger partial charge >= 0.3 is 5.69 Å². The highest BCUT2D eigenvalue weighted by molar-refractivity contribution is 5.67. The van der Waals surface area contributed by atoms with Crippen LogP contribution in [0.2, 0.25) is 0 Å². The first kappa shape index (κ1) is 12.5. The highest BCUT2D eigenvalue weighted by Crippen LogP contribution is 2.29. The standard InChI is InChI=1S/C10H15N5O3/c11-9-8(15(17)18)10(14-5-13-9)12-4-6-1-2-7(16)3-6/h5-7,16H,1-4H2,(H3,11,12,13,14). The second kappa shape index (κ2) is 5.13. The summed E-state index contributed by atoms with van der Waals surface area (Å²) in [5, 5.41) is 23.2. The summed E-state index contributed by atoms with van der Waals surface area (Å²) in [4.78, 5) is 17.7. The van der Waals surface area contributed by atoms with Gasteiger partial charge in [0.2, 0.25) is 11.6 Å². The summed E-state index contributed by atoms with van der Waals surface area (Å²) in [5.74, 6) is 0.286. The Bertz CT molecular complexity index is 453. The molecule has 8 heteroatoms. The Kier molecular flexibility index (Phi) is 3.56. The van der Waals surface area contributed by atoms with Crippen LogP contribution in [0.1, 0.15) is 19.3 Å². The molecule has 18 heavy (non-hydrogen) atoms. The Morgan fingerprint density at radius 1 is 1.56 bits per heavy atom. The summed E-state index contributed by atoms with van der Waals surface area (Å²) in [7, 11) is 0. The molecular formula is C10H15N5O3. The number of nitro groups is 1. The van der Waals surface area contributed by atoms with E-state index in [2.05, 4.69) is 15.3 Å². The minimum absolute atomic E-state index is 0.133. The van der Waals surface area contributed by atoms with Crippen LogP contribution in [-0.4, -0.2) is 32.6 Å². The minimum Gasteiger partial charge on any atom is -0.393 e. The molecule has 0 radical (unpaired) electrons. The fourth-order valence-electron chi connectivity index (χ4n) is 2.18. The van der Waals surface area contributed by atoms with Gasteiger partial charge in [-0.15, -0.1) is 0 Å². The number of nitrogen functional groups attached to an aromatic ring is 1. The number of aliphatic hydroxyl groups excluding tert-OH is 1. The van der Waals surface area contributed by atoms with Gasteiger partial charge in [0.1, 0.15) is 6.33 Å². The Balaban J connectivity index is 2.05. The van der Waals surface area contributed by atoms with E-state index in [0.717, 1.165) is 12.8 Å². The van der Waals surface area contributed by atoms with E-state index < -0.39 is 4.92 Å². The van der Waals surface area contributed by atoms with E-state index in [1.165, 1.54) is 6.33 Å². The van der Waals surface area contributed by atoms with Crippen LogP contribution in [-0.2, 0) is 0 Å². The predicted octanol–water partition coefficient (Wildman–Crippen LogP) is 0.540. The van der Waals surface area contributed by atoms with Gasteiger partial charge < -0.3 is 16.2 Å². The molecule has 98 valence electrons. The summed E-state index contributed by atoms with van der Waals surface area (Å²) in [6.45, 7) is 0.536. The molecule has 2 rings (SSSR count). The largest absolute Gasteiger partial charge is 0.393 e. The third-order valence-electron chi connectivity index (χ3n) is 3.10. The van der Waals surface area contributed by atoms with E-state index in [9.17, 15) is 15.2 Å². The van der Waals surface area contributed by atoms with Gasteiger partial charge in [-0.05, 0) is 25.2 Å². The van der Waals surface area contributed by atoms with Crippen molar-refractivity contribution in [2.24, 2.45) is 5.92 Å². The van der Waals surface area contributed by atoms with Crippen LogP contribution in [0.4, 0.5) is 17.3 Å². The first-order valence-corrected chi connectivity index (χ1v) is 5.74. The van der Waals surface area contributed by atoms with Crippen molar-refractivity contribution in [2.75, 3.05) is 17.6 Å². The third-order valence-corrected chi connectivity index (χ3v) is 3.10. The summed E-state index contributed by atoms with van der Waals surface area (Å²) in [5.41, 5.74) is 5.16. The number of hydrogen-bond donors (Lipinski definition) is 3. The maximum atomic E-state index is 10.9. The highest BCUT2D eigenvalue weighted by atomic mass is 16.6. The fourth-order valence-corrected chi connectivity index (χ4v) is 2.18. The van der Waals surface area contributed by atoms with Gasteiger partial charge in [-0.1, -0.05) is 0 Å². The lowest BCUT2D eigenvalue weighted by Gasteiger charge is -2.11. The zero-order valence-electron chi connectivity index (χ0n) is 9.74. The second-order valence-electron chi connectivity index (χ2n) is 4.43. The van der Waals surface area contributed by atoms with Crippen LogP contribution in [0.3, 0.4) is 0 Å². The number of aromatic nitrogens is 2. The zero-order chi connectivity index (χ0) is 13.1. The van der Waals surface area contributed by atoms with E-state index in [0.29, 0.717) is 18.9 Å². The zero-order valence-corrected chi connectivity index (χ0v) is 9.74. The van der Waals surface area contributed by atoms with Crippen LogP contribution in [0.15, 0.2) is 6.33 Å². The molecule has 1 heterocycles. The molecular weight excluding hydrogens is 238 g/mol. The third kappa shape index (κ3) is 2.65. The molecule has 0 bridgehead atoms. The summed E-state index contributed by atoms with van der Waals surface area (Å²) in [6.07, 6.45) is 3.32. The van der Waals surface area contributed by atoms with Gasteiger partial charge in [-0.25, -0.2) is 9.97 Å². The molecule has 4 N–H and O–H groups in total. The normalized spacial score (nSPS) is 22.9. The van der Waals surface area contributed by atoms with E-state index >= 15 is 0 Å². The van der Waals surface area contributed by atoms with Crippen LogP contribution in [0.25, 0.3) is 0 Å². The molecule has 0 amide bonds. The number of rotatable bonds is 4. The molecule has 2 atom stereocenters. The minimum atomic E-state index is -0.596. The average molecular weight is 253 g/mol. The Morgan fingerprint density at radius 3 is 2.94 bits per heavy atom. The number of nitrogens with zero attached hydrogens (tertiary/aromatic N) is 3. The Hall–Kier alpha value is -1.96. The maximum absolute atomic E-state index is 10.9. The maximum Gasteiger partial charge on any atom is 0.352 e. The highest BCUT2D eigenvalue weighted by Gasteiger charge is 2.25. The van der Waals surface area contributed by atoms with Gasteiger partial charge in [0, 0.05) is 6.54 Å². The average Bonchev–Trinajstić information content (AvgIpc) is 2.72. The SMILES string of the molecule is Nc1ncnc(NCC2CCC(O)C2)c1[N+](=O)[O-]. The predicted molar refractivity (Wildman–Crippen MR) is 64.9 cm³/mol. The Labute approximate surface area is 103 Å². The van der Waals surface area contributed by atoms with Gasteiger partial charge in [0.15, 0.2) is 0 Å². The molecule has 0 aliphatic heterocycles. The number of hydrogen-bond acceptors (Lipinski definition) is 7. The van der Waals surface area contributed by atoms with E-state index in [-0.39, 0.29) is 23.4 Å². The lowest BCUT2D eigenvalue weighted by Crippen LogP contribution is -2.15. The van der Waals surface area contributed by atoms with Crippen LogP contribution >= 0.6 is 0 Å². The molecule has 1 aromatic heterocycles. The van der Waals surface area contributed by atoms with Crippen molar-refractivity contribution in [3.8, 4) is 0 Å². The monoisotopic (exact) mass is 253 g/mol. The van der Waals surface area contributed by atoms with Crippen molar-refractivity contribution < 1.29 is 10.0 Å². The fraction of sp³-hybridized carbons (Fsp3) is 0.600. The van der Waals surface area contributed by atoms with E-state index in [1.807, 2.05) is 0 Å². The number of anilines is 2. The lowest BCUT2D eigenvalue weighted by atomic mass is 10.1. The Morgan fingerprint density at radius 2 is 2.33 bits per heavy atom. The number of nitrogens with two attached hydrogens (primary N) is 1. The molecule has 1 aliphatic carbocycles. The molecule has 0 spiro atoms. The summed E-state index contributed by atoms with van der Waals surface area (Å²) >= 11 is 0. The van der Waals surface area contributed by atoms with Crippen molar-refractivity contribution >= 4 is 17.3 Å². The van der Waals surface area contributed by atoms with E-state index in [4.69, 9.17) is 5.73 Å². The summed E-state index contributed by atoms with van der Waals surface area (Å²) < 4.78 is 0. The molecule has 0 saturated heterocycles. The van der Waals surface area contributed by atoms with Gasteiger partial charge in [-0.2, -0.15) is 0 Å². The summed E-state index contributed by atoms with van der Waals surface area (Å²) in [6, 6.07) is 0. The quantitative estimate of drug-likeness (QED) is 0.527. The second-order valence-corrected chi connectivity index (χ2v) is 4.43. The first-order chi connectivity index (χ1) is 8.58. The van der Waals surface area contributed by atoms with Crippen LogP contribution in [0.5, 0.6) is 0 Å². The van der Waals surface area contributed by atoms with Gasteiger partial charge in [-0.3, -0.25) is 10.1 Å². The van der Waals surface area contributed by atoms with Crippen molar-refractivity contribution in [3.05, 3.63) is 16.4 Å². The molecule has 1 saturated carbocycles. The van der Waals surface area contributed by atoms with Gasteiger partial charge in [0.05, 0.1) is 11.0 Å². The molecule has 2 unspecified atom stereocenters. The molecule has 1 aliphatic rings. The number of aliphatic hydroxyl groups is 1. The topological polar surface area (TPSA) is 127 Å². The number of nitrogens with one attached hydrogen (secondary N) is 1. The van der Waals surface area contributed by atoms with Crippen LogP contribution in [0, 0.1) is 16.0 Å². The first-order valence-electron chi connectivity index (χ1n) is 5.74. The molecule has 0 aromatic carbocycles. The van der Waals surface area contributed by atoms with E-state index in [1.54, 1.807) is 0 Å².